The van der Waals surface area contributed by atoms with E-state index >= 15 is 0 Å². The van der Waals surface area contributed by atoms with Gasteiger partial charge in [0.1, 0.15) is 0 Å². The zero-order valence-electron chi connectivity index (χ0n) is 13.3. The monoisotopic (exact) mass is 319 g/mol. The fourth-order valence-corrected chi connectivity index (χ4v) is 2.37. The molecule has 0 bridgehead atoms. The summed E-state index contributed by atoms with van der Waals surface area (Å²) in [5, 5.41) is 11.1. The van der Waals surface area contributed by atoms with E-state index in [-0.39, 0.29) is 17.9 Å². The lowest BCUT2D eigenvalue weighted by Crippen LogP contribution is -2.23. The van der Waals surface area contributed by atoms with Gasteiger partial charge in [0, 0.05) is 5.56 Å². The van der Waals surface area contributed by atoms with Gasteiger partial charge in [0.05, 0.1) is 6.54 Å². The van der Waals surface area contributed by atoms with Crippen LogP contribution in [-0.2, 0) is 12.0 Å². The summed E-state index contributed by atoms with van der Waals surface area (Å²) < 4.78 is 5.40. The molecule has 22 heavy (non-hydrogen) atoms. The molecule has 118 valence electrons. The molecule has 0 fully saturated rings. The third-order valence-corrected chi connectivity index (χ3v) is 3.83. The summed E-state index contributed by atoms with van der Waals surface area (Å²) in [6, 6.07) is 7.64. The number of carbonyl (C=O) groups excluding carboxylic acids is 1. The standard InChI is InChI=1S/C16H21N3O2S/c1-5-22-15-19-18-13(21-15)10-17-14(20)11-6-8-12(9-7-11)16(2,3)4/h6-9H,5,10H2,1-4H3,(H,17,20). The van der Waals surface area contributed by atoms with E-state index in [1.807, 2.05) is 31.2 Å². The van der Waals surface area contributed by atoms with E-state index in [1.165, 1.54) is 17.3 Å². The summed E-state index contributed by atoms with van der Waals surface area (Å²) >= 11 is 1.48. The van der Waals surface area contributed by atoms with Crippen molar-refractivity contribution in [2.75, 3.05) is 5.75 Å². The maximum absolute atomic E-state index is 12.1. The maximum atomic E-state index is 12.1. The number of thioether (sulfide) groups is 1. The fraction of sp³-hybridized carbons (Fsp3) is 0.438. The first-order valence-corrected chi connectivity index (χ1v) is 8.22. The van der Waals surface area contributed by atoms with E-state index in [0.717, 1.165) is 5.75 Å². The van der Waals surface area contributed by atoms with E-state index in [2.05, 4.69) is 36.3 Å². The molecule has 1 amide bonds. The molecule has 0 spiro atoms. The first-order valence-electron chi connectivity index (χ1n) is 7.24. The Morgan fingerprint density at radius 3 is 2.50 bits per heavy atom. The molecule has 5 nitrogen and oxygen atoms in total. The predicted molar refractivity (Wildman–Crippen MR) is 87.0 cm³/mol. The SMILES string of the molecule is CCSc1nnc(CNC(=O)c2ccc(C(C)(C)C)cc2)o1. The van der Waals surface area contributed by atoms with E-state index in [0.29, 0.717) is 16.7 Å². The fourth-order valence-electron chi connectivity index (χ4n) is 1.87. The van der Waals surface area contributed by atoms with Crippen LogP contribution in [0.4, 0.5) is 0 Å². The van der Waals surface area contributed by atoms with Gasteiger partial charge in [-0.3, -0.25) is 4.79 Å². The average Bonchev–Trinajstić information content (AvgIpc) is 2.92. The molecular weight excluding hydrogens is 298 g/mol. The van der Waals surface area contributed by atoms with Crippen LogP contribution in [0.5, 0.6) is 0 Å². The lowest BCUT2D eigenvalue weighted by atomic mass is 9.87. The highest BCUT2D eigenvalue weighted by molar-refractivity contribution is 7.99. The predicted octanol–water partition coefficient (Wildman–Crippen LogP) is 3.41. The van der Waals surface area contributed by atoms with Crippen LogP contribution >= 0.6 is 11.8 Å². The number of nitrogens with zero attached hydrogens (tertiary/aromatic N) is 2. The van der Waals surface area contributed by atoms with Crippen LogP contribution in [0.25, 0.3) is 0 Å². The van der Waals surface area contributed by atoms with E-state index in [9.17, 15) is 4.79 Å². The van der Waals surface area contributed by atoms with Gasteiger partial charge in [0.15, 0.2) is 0 Å². The van der Waals surface area contributed by atoms with Crippen LogP contribution in [0.2, 0.25) is 0 Å². The first-order chi connectivity index (χ1) is 10.4. The Labute approximate surface area is 134 Å². The number of hydrogen-bond acceptors (Lipinski definition) is 5. The number of benzene rings is 1. The Balaban J connectivity index is 1.94. The molecular formula is C16H21N3O2S. The second kappa shape index (κ2) is 6.96. The quantitative estimate of drug-likeness (QED) is 0.855. The van der Waals surface area contributed by atoms with Crippen LogP contribution in [0.3, 0.4) is 0 Å². The van der Waals surface area contributed by atoms with Gasteiger partial charge in [0.25, 0.3) is 11.1 Å². The van der Waals surface area contributed by atoms with Gasteiger partial charge in [-0.15, -0.1) is 10.2 Å². The number of rotatable bonds is 5. The second-order valence-electron chi connectivity index (χ2n) is 5.90. The van der Waals surface area contributed by atoms with E-state index in [4.69, 9.17) is 4.42 Å². The summed E-state index contributed by atoms with van der Waals surface area (Å²) in [5.74, 6) is 1.13. The van der Waals surface area contributed by atoms with Crippen molar-refractivity contribution in [3.63, 3.8) is 0 Å². The van der Waals surface area contributed by atoms with Gasteiger partial charge in [-0.1, -0.05) is 51.6 Å². The highest BCUT2D eigenvalue weighted by atomic mass is 32.2. The summed E-state index contributed by atoms with van der Waals surface area (Å²) in [6.07, 6.45) is 0. The minimum absolute atomic E-state index is 0.0755. The molecule has 1 N–H and O–H groups in total. The van der Waals surface area contributed by atoms with Crippen molar-refractivity contribution < 1.29 is 9.21 Å². The highest BCUT2D eigenvalue weighted by Crippen LogP contribution is 2.22. The van der Waals surface area contributed by atoms with Crippen molar-refractivity contribution in [3.05, 3.63) is 41.3 Å². The molecule has 0 atom stereocenters. The molecule has 1 aromatic carbocycles. The lowest BCUT2D eigenvalue weighted by molar-refractivity contribution is 0.0946. The number of amides is 1. The second-order valence-corrected chi connectivity index (χ2v) is 7.12. The normalized spacial score (nSPS) is 11.5. The number of aromatic nitrogens is 2. The van der Waals surface area contributed by atoms with Crippen LogP contribution in [0.15, 0.2) is 33.9 Å². The Morgan fingerprint density at radius 1 is 1.23 bits per heavy atom. The van der Waals surface area contributed by atoms with Crippen molar-refractivity contribution >= 4 is 17.7 Å². The third-order valence-electron chi connectivity index (χ3n) is 3.13. The van der Waals surface area contributed by atoms with Crippen molar-refractivity contribution in [3.8, 4) is 0 Å². The smallest absolute Gasteiger partial charge is 0.276 e. The van der Waals surface area contributed by atoms with Crippen molar-refractivity contribution in [2.45, 2.75) is 44.9 Å². The first kappa shape index (κ1) is 16.5. The zero-order valence-corrected chi connectivity index (χ0v) is 14.2. The van der Waals surface area contributed by atoms with Crippen molar-refractivity contribution in [1.29, 1.82) is 0 Å². The average molecular weight is 319 g/mol. The van der Waals surface area contributed by atoms with E-state index < -0.39 is 0 Å². The maximum Gasteiger partial charge on any atom is 0.276 e. The van der Waals surface area contributed by atoms with Crippen LogP contribution in [-0.4, -0.2) is 21.9 Å². The molecule has 0 radical (unpaired) electrons. The Kier molecular flexibility index (Phi) is 5.24. The van der Waals surface area contributed by atoms with Crippen LogP contribution in [0.1, 0.15) is 49.5 Å². The number of nitrogens with one attached hydrogen (secondary N) is 1. The summed E-state index contributed by atoms with van der Waals surface area (Å²) in [6.45, 7) is 8.67. The largest absolute Gasteiger partial charge is 0.414 e. The third kappa shape index (κ3) is 4.34. The van der Waals surface area contributed by atoms with Crippen molar-refractivity contribution in [2.24, 2.45) is 0 Å². The molecule has 0 aliphatic rings. The minimum atomic E-state index is -0.150. The Hall–Kier alpha value is -1.82. The van der Waals surface area contributed by atoms with Crippen molar-refractivity contribution in [1.82, 2.24) is 15.5 Å². The number of carbonyl (C=O) groups is 1. The molecule has 2 aromatic rings. The molecule has 1 heterocycles. The van der Waals surface area contributed by atoms with Crippen LogP contribution < -0.4 is 5.32 Å². The summed E-state index contributed by atoms with van der Waals surface area (Å²) in [7, 11) is 0. The highest BCUT2D eigenvalue weighted by Gasteiger charge is 2.14. The molecule has 0 aliphatic carbocycles. The molecule has 0 aliphatic heterocycles. The van der Waals surface area contributed by atoms with Gasteiger partial charge in [0.2, 0.25) is 5.89 Å². The molecule has 0 unspecified atom stereocenters. The number of hydrogen-bond donors (Lipinski definition) is 1. The molecule has 6 heteroatoms. The van der Waals surface area contributed by atoms with Gasteiger partial charge >= 0.3 is 0 Å². The molecule has 0 saturated heterocycles. The van der Waals surface area contributed by atoms with Gasteiger partial charge in [-0.2, -0.15) is 0 Å². The lowest BCUT2D eigenvalue weighted by Gasteiger charge is -2.18. The van der Waals surface area contributed by atoms with E-state index in [1.54, 1.807) is 0 Å². The molecule has 0 saturated carbocycles. The Bertz CT molecular complexity index is 630. The summed E-state index contributed by atoms with van der Waals surface area (Å²) in [4.78, 5) is 12.1. The minimum Gasteiger partial charge on any atom is -0.414 e. The molecule has 2 rings (SSSR count). The zero-order chi connectivity index (χ0) is 16.2. The topological polar surface area (TPSA) is 68.0 Å². The van der Waals surface area contributed by atoms with Gasteiger partial charge < -0.3 is 9.73 Å². The van der Waals surface area contributed by atoms with Gasteiger partial charge in [-0.05, 0) is 28.9 Å². The summed E-state index contributed by atoms with van der Waals surface area (Å²) in [5.41, 5.74) is 1.89. The Morgan fingerprint density at radius 2 is 1.91 bits per heavy atom. The molecule has 1 aromatic heterocycles. The van der Waals surface area contributed by atoms with Crippen LogP contribution in [0, 0.1) is 0 Å². The van der Waals surface area contributed by atoms with Gasteiger partial charge in [-0.25, -0.2) is 0 Å².